The van der Waals surface area contributed by atoms with Crippen molar-refractivity contribution in [1.29, 1.82) is 0 Å². The molecule has 2 aliphatic rings. The molecule has 3 atom stereocenters. The van der Waals surface area contributed by atoms with Crippen LogP contribution in [-0.2, 0) is 0 Å². The molecule has 1 saturated carbocycles. The van der Waals surface area contributed by atoms with E-state index in [1.807, 2.05) is 0 Å². The van der Waals surface area contributed by atoms with Gasteiger partial charge in [-0.15, -0.1) is 0 Å². The minimum absolute atomic E-state index is 0.673. The van der Waals surface area contributed by atoms with Crippen molar-refractivity contribution in [2.75, 3.05) is 6.54 Å². The van der Waals surface area contributed by atoms with Gasteiger partial charge in [0.25, 0.3) is 0 Å². The molecule has 0 spiro atoms. The Labute approximate surface area is 63.2 Å². The largest absolute Gasteiger partial charge is 0.313 e. The molecule has 0 aromatic carbocycles. The molecular weight excluding hydrogens is 122 g/mol. The van der Waals surface area contributed by atoms with Crippen LogP contribution in [0.3, 0.4) is 0 Å². The van der Waals surface area contributed by atoms with Gasteiger partial charge in [0.2, 0.25) is 0 Å². The van der Waals surface area contributed by atoms with Gasteiger partial charge >= 0.3 is 0 Å². The van der Waals surface area contributed by atoms with Gasteiger partial charge in [0, 0.05) is 6.04 Å². The Balaban J connectivity index is 2.07. The second kappa shape index (κ2) is 1.76. The molecule has 0 aromatic heterocycles. The zero-order valence-corrected chi connectivity index (χ0v) is 7.15. The van der Waals surface area contributed by atoms with Crippen molar-refractivity contribution >= 4 is 0 Å². The standard InChI is InChI=1S/C9H17N/c1-4-7-8-6(5-10-7)9(8,2)3/h6-8,10H,4-5H2,1-3H3/t6-,7+,8-/m0/s1. The Bertz CT molecular complexity index is 151. The van der Waals surface area contributed by atoms with Crippen LogP contribution in [0.25, 0.3) is 0 Å². The SMILES string of the molecule is CC[C@H]1NC[C@H]2[C@@H]1C2(C)C. The first-order chi connectivity index (χ1) is 4.68. The highest BCUT2D eigenvalue weighted by Crippen LogP contribution is 2.62. The monoisotopic (exact) mass is 139 g/mol. The van der Waals surface area contributed by atoms with E-state index in [4.69, 9.17) is 0 Å². The minimum Gasteiger partial charge on any atom is -0.313 e. The second-order valence-electron chi connectivity index (χ2n) is 4.38. The maximum absolute atomic E-state index is 3.56. The van der Waals surface area contributed by atoms with E-state index in [9.17, 15) is 0 Å². The summed E-state index contributed by atoms with van der Waals surface area (Å²) >= 11 is 0. The van der Waals surface area contributed by atoms with Crippen molar-refractivity contribution in [3.05, 3.63) is 0 Å². The zero-order chi connectivity index (χ0) is 7.35. The third-order valence-corrected chi connectivity index (χ3v) is 3.61. The average Bonchev–Trinajstić information content (AvgIpc) is 2.28. The lowest BCUT2D eigenvalue weighted by Gasteiger charge is -2.16. The minimum atomic E-state index is 0.673. The molecule has 58 valence electrons. The summed E-state index contributed by atoms with van der Waals surface area (Å²) in [7, 11) is 0. The van der Waals surface area contributed by atoms with Gasteiger partial charge in [-0.3, -0.25) is 0 Å². The van der Waals surface area contributed by atoms with Gasteiger partial charge in [-0.2, -0.15) is 0 Å². The lowest BCUT2D eigenvalue weighted by molar-refractivity contribution is 0.394. The first kappa shape index (κ1) is 6.66. The van der Waals surface area contributed by atoms with Crippen LogP contribution in [0.4, 0.5) is 0 Å². The highest BCUT2D eigenvalue weighted by Gasteiger charge is 2.63. The van der Waals surface area contributed by atoms with Crippen LogP contribution in [-0.4, -0.2) is 12.6 Å². The molecule has 1 heterocycles. The van der Waals surface area contributed by atoms with Crippen molar-refractivity contribution in [3.63, 3.8) is 0 Å². The van der Waals surface area contributed by atoms with E-state index < -0.39 is 0 Å². The first-order valence-corrected chi connectivity index (χ1v) is 4.41. The van der Waals surface area contributed by atoms with Crippen LogP contribution in [0.1, 0.15) is 27.2 Å². The Kier molecular flexibility index (Phi) is 1.17. The average molecular weight is 139 g/mol. The van der Waals surface area contributed by atoms with Gasteiger partial charge in [0.15, 0.2) is 0 Å². The molecule has 1 N–H and O–H groups in total. The number of piperidine rings is 1. The Morgan fingerprint density at radius 3 is 2.50 bits per heavy atom. The molecule has 0 amide bonds. The first-order valence-electron chi connectivity index (χ1n) is 4.41. The van der Waals surface area contributed by atoms with Crippen molar-refractivity contribution in [2.45, 2.75) is 33.2 Å². The van der Waals surface area contributed by atoms with E-state index >= 15 is 0 Å². The number of fused-ring (bicyclic) bond motifs is 1. The maximum Gasteiger partial charge on any atom is 0.0101 e. The molecule has 0 aromatic rings. The second-order valence-corrected chi connectivity index (χ2v) is 4.38. The fourth-order valence-corrected chi connectivity index (χ4v) is 2.78. The van der Waals surface area contributed by atoms with Crippen molar-refractivity contribution < 1.29 is 0 Å². The zero-order valence-electron chi connectivity index (χ0n) is 7.15. The number of nitrogens with one attached hydrogen (secondary N) is 1. The number of hydrogen-bond acceptors (Lipinski definition) is 1. The van der Waals surface area contributed by atoms with Crippen molar-refractivity contribution in [1.82, 2.24) is 5.32 Å². The van der Waals surface area contributed by atoms with Crippen molar-refractivity contribution in [3.8, 4) is 0 Å². The predicted octanol–water partition coefficient (Wildman–Crippen LogP) is 1.64. The fraction of sp³-hybridized carbons (Fsp3) is 1.00. The summed E-state index contributed by atoms with van der Waals surface area (Å²) in [5.74, 6) is 2.00. The molecule has 1 aliphatic heterocycles. The number of rotatable bonds is 1. The highest BCUT2D eigenvalue weighted by molar-refractivity contribution is 5.14. The molecule has 1 heteroatoms. The molecule has 10 heavy (non-hydrogen) atoms. The molecule has 2 fully saturated rings. The van der Waals surface area contributed by atoms with Gasteiger partial charge in [-0.05, 0) is 30.2 Å². The summed E-state index contributed by atoms with van der Waals surface area (Å²) in [4.78, 5) is 0. The Hall–Kier alpha value is -0.0400. The number of hydrogen-bond donors (Lipinski definition) is 1. The molecule has 1 aliphatic carbocycles. The van der Waals surface area contributed by atoms with Gasteiger partial charge in [-0.1, -0.05) is 20.8 Å². The lowest BCUT2D eigenvalue weighted by atomic mass is 10.0. The molecular formula is C9H17N. The topological polar surface area (TPSA) is 12.0 Å². The van der Waals surface area contributed by atoms with E-state index in [2.05, 4.69) is 26.1 Å². The smallest absolute Gasteiger partial charge is 0.0101 e. The van der Waals surface area contributed by atoms with E-state index in [1.165, 1.54) is 13.0 Å². The van der Waals surface area contributed by atoms with E-state index in [-0.39, 0.29) is 0 Å². The summed E-state index contributed by atoms with van der Waals surface area (Å²) in [6.45, 7) is 8.38. The summed E-state index contributed by atoms with van der Waals surface area (Å²) in [6, 6.07) is 0.833. The molecule has 0 unspecified atom stereocenters. The van der Waals surface area contributed by atoms with Crippen LogP contribution >= 0.6 is 0 Å². The van der Waals surface area contributed by atoms with Crippen LogP contribution < -0.4 is 5.32 Å². The maximum atomic E-state index is 3.56. The Morgan fingerprint density at radius 1 is 1.50 bits per heavy atom. The fourth-order valence-electron chi connectivity index (χ4n) is 2.78. The Morgan fingerprint density at radius 2 is 2.20 bits per heavy atom. The van der Waals surface area contributed by atoms with E-state index in [1.54, 1.807) is 0 Å². The van der Waals surface area contributed by atoms with Gasteiger partial charge in [-0.25, -0.2) is 0 Å². The normalized spacial score (nSPS) is 48.9. The molecule has 0 bridgehead atoms. The predicted molar refractivity (Wildman–Crippen MR) is 42.8 cm³/mol. The summed E-state index contributed by atoms with van der Waals surface area (Å²) in [6.07, 6.45) is 1.31. The molecule has 2 rings (SSSR count). The van der Waals surface area contributed by atoms with Crippen LogP contribution in [0.5, 0.6) is 0 Å². The van der Waals surface area contributed by atoms with Gasteiger partial charge in [0.1, 0.15) is 0 Å². The molecule has 1 saturated heterocycles. The lowest BCUT2D eigenvalue weighted by Crippen LogP contribution is -2.29. The highest BCUT2D eigenvalue weighted by atomic mass is 15.0. The quantitative estimate of drug-likeness (QED) is 0.582. The van der Waals surface area contributed by atoms with Gasteiger partial charge in [0.05, 0.1) is 0 Å². The molecule has 1 nitrogen and oxygen atoms in total. The van der Waals surface area contributed by atoms with E-state index in [0.717, 1.165) is 17.9 Å². The summed E-state index contributed by atoms with van der Waals surface area (Å²) in [5, 5.41) is 3.56. The van der Waals surface area contributed by atoms with Crippen LogP contribution in [0, 0.1) is 17.3 Å². The van der Waals surface area contributed by atoms with Crippen LogP contribution in [0.2, 0.25) is 0 Å². The van der Waals surface area contributed by atoms with Crippen molar-refractivity contribution in [2.24, 2.45) is 17.3 Å². The van der Waals surface area contributed by atoms with Crippen LogP contribution in [0.15, 0.2) is 0 Å². The third-order valence-electron chi connectivity index (χ3n) is 3.61. The van der Waals surface area contributed by atoms with E-state index in [0.29, 0.717) is 5.41 Å². The third kappa shape index (κ3) is 0.619. The summed E-state index contributed by atoms with van der Waals surface area (Å²) < 4.78 is 0. The summed E-state index contributed by atoms with van der Waals surface area (Å²) in [5.41, 5.74) is 0.673. The molecule has 0 radical (unpaired) electrons. The van der Waals surface area contributed by atoms with Gasteiger partial charge < -0.3 is 5.32 Å².